The summed E-state index contributed by atoms with van der Waals surface area (Å²) in [5.41, 5.74) is 10.2. The second-order valence-electron chi connectivity index (χ2n) is 11.9. The van der Waals surface area contributed by atoms with Crippen LogP contribution in [0.4, 0.5) is 11.6 Å². The molecule has 3 aromatic heterocycles. The lowest BCUT2D eigenvalue weighted by Gasteiger charge is -2.29. The van der Waals surface area contributed by atoms with E-state index in [4.69, 9.17) is 15.1 Å². The zero-order valence-corrected chi connectivity index (χ0v) is 24.5. The Bertz CT molecular complexity index is 1780. The molecule has 0 unspecified atom stereocenters. The highest BCUT2D eigenvalue weighted by molar-refractivity contribution is 6.05. The van der Waals surface area contributed by atoms with Crippen molar-refractivity contribution in [3.8, 4) is 22.5 Å². The summed E-state index contributed by atoms with van der Waals surface area (Å²) in [5.74, 6) is 0.589. The molecule has 2 saturated carbocycles. The number of benzene rings is 2. The van der Waals surface area contributed by atoms with Crippen LogP contribution in [0.25, 0.3) is 33.5 Å². The highest BCUT2D eigenvalue weighted by atomic mass is 16.3. The van der Waals surface area contributed by atoms with E-state index in [0.717, 1.165) is 59.2 Å². The van der Waals surface area contributed by atoms with Crippen molar-refractivity contribution in [2.45, 2.75) is 69.4 Å². The number of amides is 2. The molecule has 3 heterocycles. The number of anilines is 2. The van der Waals surface area contributed by atoms with E-state index in [9.17, 15) is 9.59 Å². The molecule has 2 fully saturated rings. The number of carbonyl (C=O) groups excluding carboxylic acids is 2. The number of imidazole rings is 1. The molecule has 0 aliphatic heterocycles. The maximum atomic E-state index is 13.7. The first kappa shape index (κ1) is 27.8. The van der Waals surface area contributed by atoms with E-state index >= 15 is 0 Å². The third-order valence-electron chi connectivity index (χ3n) is 9.06. The van der Waals surface area contributed by atoms with Crippen molar-refractivity contribution in [3.63, 3.8) is 0 Å². The van der Waals surface area contributed by atoms with Gasteiger partial charge in [0.15, 0.2) is 0 Å². The summed E-state index contributed by atoms with van der Waals surface area (Å²) in [6, 6.07) is 15.4. The number of hydrogen-bond donors (Lipinski definition) is 3. The Balaban J connectivity index is 1.12. The van der Waals surface area contributed by atoms with Crippen molar-refractivity contribution in [3.05, 3.63) is 79.0 Å². The molecule has 10 heteroatoms. The van der Waals surface area contributed by atoms with Crippen molar-refractivity contribution < 1.29 is 14.0 Å². The number of fused-ring (bicyclic) bond motifs is 1. The number of hydrogen-bond acceptors (Lipinski definition) is 7. The Hall–Kier alpha value is -4.99. The maximum Gasteiger partial charge on any atom is 0.252 e. The molecule has 2 aliphatic carbocycles. The molecule has 0 saturated heterocycles. The number of carbonyl (C=O) groups is 2. The monoisotopic (exact) mass is 589 g/mol. The van der Waals surface area contributed by atoms with Crippen LogP contribution in [0.1, 0.15) is 74.2 Å². The van der Waals surface area contributed by atoms with Gasteiger partial charge in [0.2, 0.25) is 11.9 Å². The highest BCUT2D eigenvalue weighted by Gasteiger charge is 2.42. The molecular formula is C34H35N7O3. The fourth-order valence-electron chi connectivity index (χ4n) is 6.70. The van der Waals surface area contributed by atoms with Crippen LogP contribution in [-0.2, 0) is 4.79 Å². The average Bonchev–Trinajstić information content (AvgIpc) is 3.83. The quantitative estimate of drug-likeness (QED) is 0.196. The Kier molecular flexibility index (Phi) is 7.33. The first-order valence-electron chi connectivity index (χ1n) is 15.4. The summed E-state index contributed by atoms with van der Waals surface area (Å²) in [7, 11) is 0. The van der Waals surface area contributed by atoms with Gasteiger partial charge in [0.25, 0.3) is 5.91 Å². The first-order chi connectivity index (χ1) is 21.5. The van der Waals surface area contributed by atoms with Gasteiger partial charge in [-0.2, -0.15) is 0 Å². The zero-order valence-electron chi connectivity index (χ0n) is 24.5. The average molecular weight is 590 g/mol. The van der Waals surface area contributed by atoms with Crippen molar-refractivity contribution in [1.29, 1.82) is 0 Å². The number of nitrogens with one attached hydrogen (secondary N) is 2. The largest absolute Gasteiger partial charge is 0.472 e. The molecule has 5 aromatic rings. The highest BCUT2D eigenvalue weighted by Crippen LogP contribution is 2.37. The molecule has 0 spiro atoms. The van der Waals surface area contributed by atoms with Crippen molar-refractivity contribution >= 4 is 34.5 Å². The molecule has 2 aliphatic rings. The summed E-state index contributed by atoms with van der Waals surface area (Å²) in [4.78, 5) is 40.4. The predicted molar refractivity (Wildman–Crippen MR) is 169 cm³/mol. The van der Waals surface area contributed by atoms with Crippen LogP contribution in [-0.4, -0.2) is 36.9 Å². The topological polar surface area (TPSA) is 141 Å². The lowest BCUT2D eigenvalue weighted by molar-refractivity contribution is -0.122. The third-order valence-corrected chi connectivity index (χ3v) is 9.06. The fraction of sp³-hybridized carbons (Fsp3) is 0.324. The van der Waals surface area contributed by atoms with Gasteiger partial charge in [-0.15, -0.1) is 0 Å². The van der Waals surface area contributed by atoms with Crippen LogP contribution < -0.4 is 16.4 Å². The Labute approximate surface area is 255 Å². The number of furan rings is 1. The molecule has 44 heavy (non-hydrogen) atoms. The maximum absolute atomic E-state index is 13.7. The molecule has 0 bridgehead atoms. The van der Waals surface area contributed by atoms with Gasteiger partial charge in [0.1, 0.15) is 17.6 Å². The molecule has 4 N–H and O–H groups in total. The van der Waals surface area contributed by atoms with Crippen molar-refractivity contribution in [2.24, 2.45) is 0 Å². The third kappa shape index (κ3) is 5.32. The van der Waals surface area contributed by atoms with E-state index in [1.807, 2.05) is 48.5 Å². The van der Waals surface area contributed by atoms with Crippen LogP contribution in [0.15, 0.2) is 77.9 Å². The van der Waals surface area contributed by atoms with E-state index in [1.165, 1.54) is 19.3 Å². The van der Waals surface area contributed by atoms with Crippen LogP contribution in [0, 0.1) is 0 Å². The minimum atomic E-state index is -0.987. The molecular weight excluding hydrogens is 554 g/mol. The lowest BCUT2D eigenvalue weighted by atomic mass is 9.94. The zero-order chi connectivity index (χ0) is 30.1. The summed E-state index contributed by atoms with van der Waals surface area (Å²) < 4.78 is 7.70. The van der Waals surface area contributed by atoms with Gasteiger partial charge in [-0.25, -0.2) is 15.0 Å². The fourth-order valence-corrected chi connectivity index (χ4v) is 6.70. The van der Waals surface area contributed by atoms with E-state index in [2.05, 4.69) is 25.2 Å². The van der Waals surface area contributed by atoms with Crippen LogP contribution in [0.3, 0.4) is 0 Å². The number of rotatable bonds is 7. The molecule has 2 aromatic carbocycles. The summed E-state index contributed by atoms with van der Waals surface area (Å²) >= 11 is 0. The van der Waals surface area contributed by atoms with E-state index < -0.39 is 5.54 Å². The minimum Gasteiger partial charge on any atom is -0.472 e. The number of aromatic nitrogens is 4. The molecule has 0 radical (unpaired) electrons. The second kappa shape index (κ2) is 11.6. The van der Waals surface area contributed by atoms with Gasteiger partial charge >= 0.3 is 0 Å². The van der Waals surface area contributed by atoms with Crippen molar-refractivity contribution in [2.75, 3.05) is 11.1 Å². The normalized spacial score (nSPS) is 16.6. The van der Waals surface area contributed by atoms with E-state index in [1.54, 1.807) is 24.9 Å². The summed E-state index contributed by atoms with van der Waals surface area (Å²) in [6.45, 7) is 0. The van der Waals surface area contributed by atoms with E-state index in [-0.39, 0.29) is 17.8 Å². The van der Waals surface area contributed by atoms with Gasteiger partial charge in [-0.05, 0) is 67.6 Å². The predicted octanol–water partition coefficient (Wildman–Crippen LogP) is 6.52. The first-order valence-corrected chi connectivity index (χ1v) is 15.4. The Morgan fingerprint density at radius 1 is 0.886 bits per heavy atom. The lowest BCUT2D eigenvalue weighted by Crippen LogP contribution is -2.55. The molecule has 2 amide bonds. The van der Waals surface area contributed by atoms with Gasteiger partial charge in [-0.3, -0.25) is 9.59 Å². The summed E-state index contributed by atoms with van der Waals surface area (Å²) in [6.07, 6.45) is 15.4. The van der Waals surface area contributed by atoms with Crippen LogP contribution in [0.5, 0.6) is 0 Å². The summed E-state index contributed by atoms with van der Waals surface area (Å²) in [5, 5.41) is 6.15. The van der Waals surface area contributed by atoms with Crippen LogP contribution in [0.2, 0.25) is 0 Å². The molecule has 10 nitrogen and oxygen atoms in total. The van der Waals surface area contributed by atoms with Gasteiger partial charge in [0.05, 0.1) is 22.9 Å². The molecule has 224 valence electrons. The number of nitrogen functional groups attached to an aromatic ring is 1. The SMILES string of the molecule is Nc1ncc(-c2ccc(NC(=O)C3(NC(=O)c4ccc5c(c4)nc(-c4ccoc4)n5C4CCCCC4)CCCC3)cc2)cn1. The van der Waals surface area contributed by atoms with Gasteiger partial charge in [0, 0.05) is 35.2 Å². The Morgan fingerprint density at radius 3 is 2.34 bits per heavy atom. The Morgan fingerprint density at radius 2 is 1.64 bits per heavy atom. The van der Waals surface area contributed by atoms with E-state index in [0.29, 0.717) is 30.1 Å². The van der Waals surface area contributed by atoms with Crippen molar-refractivity contribution in [1.82, 2.24) is 24.8 Å². The number of nitrogens with zero attached hydrogens (tertiary/aromatic N) is 4. The van der Waals surface area contributed by atoms with Gasteiger partial charge < -0.3 is 25.4 Å². The number of nitrogens with two attached hydrogens (primary N) is 1. The minimum absolute atomic E-state index is 0.211. The van der Waals surface area contributed by atoms with Crippen LogP contribution >= 0.6 is 0 Å². The second-order valence-corrected chi connectivity index (χ2v) is 11.9. The molecule has 0 atom stereocenters. The van der Waals surface area contributed by atoms with Gasteiger partial charge in [-0.1, -0.05) is 44.2 Å². The standard InChI is InChI=1S/C34H35N7O3/c35-33-36-19-25(20-37-33)22-8-11-26(12-9-22)38-32(43)34(15-4-5-16-34)40-31(42)23-10-13-29-28(18-23)39-30(24-14-17-44-21-24)41(29)27-6-2-1-3-7-27/h8-14,17-21,27H,1-7,15-16H2,(H,38,43)(H,40,42)(H2,35,36,37). The smallest absolute Gasteiger partial charge is 0.252 e. The molecule has 7 rings (SSSR count).